The van der Waals surface area contributed by atoms with E-state index in [0.29, 0.717) is 27.8 Å². The Bertz CT molecular complexity index is 1050. The number of benzene rings is 2. The van der Waals surface area contributed by atoms with Crippen molar-refractivity contribution in [3.8, 4) is 11.5 Å². The van der Waals surface area contributed by atoms with Gasteiger partial charge >= 0.3 is 0 Å². The van der Waals surface area contributed by atoms with Gasteiger partial charge in [0.05, 0.1) is 23.1 Å². The van der Waals surface area contributed by atoms with Gasteiger partial charge in [-0.3, -0.25) is 19.3 Å². The molecule has 0 bridgehead atoms. The van der Waals surface area contributed by atoms with E-state index >= 15 is 0 Å². The van der Waals surface area contributed by atoms with Crippen molar-refractivity contribution in [3.63, 3.8) is 0 Å². The van der Waals surface area contributed by atoms with Gasteiger partial charge in [-0.2, -0.15) is 0 Å². The van der Waals surface area contributed by atoms with E-state index in [-0.39, 0.29) is 11.0 Å². The summed E-state index contributed by atoms with van der Waals surface area (Å²) in [5.41, 5.74) is 1.11. The average Bonchev–Trinajstić information content (AvgIpc) is 2.96. The zero-order chi connectivity index (χ0) is 22.5. The molecule has 31 heavy (non-hydrogen) atoms. The average molecular weight is 461 g/mol. The van der Waals surface area contributed by atoms with Crippen LogP contribution in [0.2, 0.25) is 5.02 Å². The Hall–Kier alpha value is -2.97. The van der Waals surface area contributed by atoms with Crippen molar-refractivity contribution < 1.29 is 23.9 Å². The zero-order valence-corrected chi connectivity index (χ0v) is 18.8. The van der Waals surface area contributed by atoms with E-state index < -0.39 is 23.6 Å². The smallest absolute Gasteiger partial charge is 0.294 e. The van der Waals surface area contributed by atoms with Gasteiger partial charge in [0, 0.05) is 11.3 Å². The Labute approximate surface area is 189 Å². The summed E-state index contributed by atoms with van der Waals surface area (Å²) in [4.78, 5) is 38.6. The van der Waals surface area contributed by atoms with Crippen molar-refractivity contribution in [2.45, 2.75) is 20.0 Å². The number of imide groups is 1. The van der Waals surface area contributed by atoms with E-state index in [9.17, 15) is 14.4 Å². The number of anilines is 1. The van der Waals surface area contributed by atoms with Gasteiger partial charge in [0.1, 0.15) is 18.0 Å². The second-order valence-corrected chi connectivity index (χ2v) is 8.27. The second kappa shape index (κ2) is 9.89. The molecule has 1 N–H and O–H groups in total. The number of methoxy groups -OCH3 is 1. The SMILES string of the molecule is COc1ccc(NC(=O)CN2C(=O)S/C(=C\c3ccccc3OC(C)C)C2=O)cc1Cl. The second-order valence-electron chi connectivity index (χ2n) is 6.87. The zero-order valence-electron chi connectivity index (χ0n) is 17.2. The Kier molecular flexibility index (Phi) is 7.25. The highest BCUT2D eigenvalue weighted by Crippen LogP contribution is 2.34. The summed E-state index contributed by atoms with van der Waals surface area (Å²) in [6, 6.07) is 12.0. The highest BCUT2D eigenvalue weighted by Gasteiger charge is 2.36. The van der Waals surface area contributed by atoms with Crippen LogP contribution in [0.1, 0.15) is 19.4 Å². The Balaban J connectivity index is 1.71. The van der Waals surface area contributed by atoms with E-state index in [1.165, 1.54) is 13.2 Å². The maximum absolute atomic E-state index is 12.7. The summed E-state index contributed by atoms with van der Waals surface area (Å²) in [6.45, 7) is 3.40. The molecule has 0 unspecified atom stereocenters. The number of hydrogen-bond acceptors (Lipinski definition) is 6. The maximum Gasteiger partial charge on any atom is 0.294 e. The van der Waals surface area contributed by atoms with Crippen molar-refractivity contribution in [3.05, 3.63) is 58.0 Å². The van der Waals surface area contributed by atoms with Gasteiger partial charge in [0.25, 0.3) is 11.1 Å². The Morgan fingerprint density at radius 1 is 1.19 bits per heavy atom. The van der Waals surface area contributed by atoms with Crippen LogP contribution in [-0.4, -0.2) is 41.7 Å². The molecule has 0 spiro atoms. The molecule has 2 aromatic carbocycles. The highest BCUT2D eigenvalue weighted by atomic mass is 35.5. The Morgan fingerprint density at radius 2 is 1.94 bits per heavy atom. The first-order chi connectivity index (χ1) is 14.8. The third-order valence-corrected chi connectivity index (χ3v) is 5.38. The summed E-state index contributed by atoms with van der Waals surface area (Å²) in [5, 5.41) is 2.44. The van der Waals surface area contributed by atoms with E-state index in [1.54, 1.807) is 30.3 Å². The van der Waals surface area contributed by atoms with Crippen LogP contribution in [0, 0.1) is 0 Å². The predicted octanol–water partition coefficient (Wildman–Crippen LogP) is 4.81. The van der Waals surface area contributed by atoms with Crippen LogP contribution in [-0.2, 0) is 9.59 Å². The molecule has 0 aliphatic carbocycles. The van der Waals surface area contributed by atoms with Crippen LogP contribution >= 0.6 is 23.4 Å². The number of rotatable bonds is 7. The van der Waals surface area contributed by atoms with Crippen LogP contribution in [0.25, 0.3) is 6.08 Å². The minimum atomic E-state index is -0.530. The molecule has 9 heteroatoms. The summed E-state index contributed by atoms with van der Waals surface area (Å²) in [5.74, 6) is 0.0292. The lowest BCUT2D eigenvalue weighted by atomic mass is 10.2. The largest absolute Gasteiger partial charge is 0.495 e. The van der Waals surface area contributed by atoms with Crippen LogP contribution in [0.15, 0.2) is 47.4 Å². The summed E-state index contributed by atoms with van der Waals surface area (Å²) >= 11 is 6.84. The van der Waals surface area contributed by atoms with Crippen LogP contribution in [0.3, 0.4) is 0 Å². The molecular weight excluding hydrogens is 440 g/mol. The van der Waals surface area contributed by atoms with Gasteiger partial charge in [-0.15, -0.1) is 0 Å². The number of thioether (sulfide) groups is 1. The molecular formula is C22H21ClN2O5S. The fourth-order valence-electron chi connectivity index (χ4n) is 2.83. The quantitative estimate of drug-likeness (QED) is 0.597. The lowest BCUT2D eigenvalue weighted by Gasteiger charge is -2.13. The number of halogens is 1. The molecule has 0 aromatic heterocycles. The van der Waals surface area contributed by atoms with E-state index in [0.717, 1.165) is 16.7 Å². The van der Waals surface area contributed by atoms with Crippen molar-refractivity contribution >= 4 is 52.2 Å². The van der Waals surface area contributed by atoms with E-state index in [2.05, 4.69) is 5.32 Å². The fraction of sp³-hybridized carbons (Fsp3) is 0.227. The molecule has 1 aliphatic heterocycles. The van der Waals surface area contributed by atoms with Crippen molar-refractivity contribution in [1.29, 1.82) is 0 Å². The minimum absolute atomic E-state index is 0.0419. The summed E-state index contributed by atoms with van der Waals surface area (Å²) < 4.78 is 10.8. The van der Waals surface area contributed by atoms with Gasteiger partial charge < -0.3 is 14.8 Å². The van der Waals surface area contributed by atoms with Crippen molar-refractivity contribution in [2.75, 3.05) is 19.0 Å². The number of nitrogens with zero attached hydrogens (tertiary/aromatic N) is 1. The number of para-hydroxylation sites is 1. The molecule has 0 radical (unpaired) electrons. The van der Waals surface area contributed by atoms with Gasteiger partial charge in [0.15, 0.2) is 0 Å². The molecule has 2 aromatic rings. The molecule has 3 rings (SSSR count). The van der Waals surface area contributed by atoms with Crippen molar-refractivity contribution in [2.24, 2.45) is 0 Å². The van der Waals surface area contributed by atoms with Gasteiger partial charge in [-0.25, -0.2) is 0 Å². The normalized spacial score (nSPS) is 15.0. The number of ether oxygens (including phenoxy) is 2. The van der Waals surface area contributed by atoms with Crippen LogP contribution < -0.4 is 14.8 Å². The first-order valence-electron chi connectivity index (χ1n) is 9.43. The van der Waals surface area contributed by atoms with Gasteiger partial charge in [-0.1, -0.05) is 29.8 Å². The van der Waals surface area contributed by atoms with Crippen LogP contribution in [0.4, 0.5) is 10.5 Å². The van der Waals surface area contributed by atoms with Gasteiger partial charge in [-0.05, 0) is 56.0 Å². The monoisotopic (exact) mass is 460 g/mol. The van der Waals surface area contributed by atoms with E-state index in [4.69, 9.17) is 21.1 Å². The Morgan fingerprint density at radius 3 is 2.61 bits per heavy atom. The number of carbonyl (C=O) groups is 3. The number of hydrogen-bond donors (Lipinski definition) is 1. The third kappa shape index (κ3) is 5.59. The minimum Gasteiger partial charge on any atom is -0.495 e. The number of nitrogens with one attached hydrogen (secondary N) is 1. The third-order valence-electron chi connectivity index (χ3n) is 4.18. The molecule has 1 aliphatic rings. The fourth-order valence-corrected chi connectivity index (χ4v) is 3.91. The molecule has 3 amide bonds. The number of carbonyl (C=O) groups excluding carboxylic acids is 3. The van der Waals surface area contributed by atoms with E-state index in [1.807, 2.05) is 26.0 Å². The molecule has 1 heterocycles. The predicted molar refractivity (Wildman–Crippen MR) is 122 cm³/mol. The molecule has 1 saturated heterocycles. The molecule has 0 atom stereocenters. The molecule has 7 nitrogen and oxygen atoms in total. The molecule has 1 fully saturated rings. The van der Waals surface area contributed by atoms with Crippen LogP contribution in [0.5, 0.6) is 11.5 Å². The highest BCUT2D eigenvalue weighted by molar-refractivity contribution is 8.18. The van der Waals surface area contributed by atoms with Crippen molar-refractivity contribution in [1.82, 2.24) is 4.90 Å². The lowest BCUT2D eigenvalue weighted by molar-refractivity contribution is -0.127. The lowest BCUT2D eigenvalue weighted by Crippen LogP contribution is -2.36. The first kappa shape index (κ1) is 22.7. The number of amides is 3. The molecule has 162 valence electrons. The molecule has 0 saturated carbocycles. The summed E-state index contributed by atoms with van der Waals surface area (Å²) in [7, 11) is 1.49. The first-order valence-corrected chi connectivity index (χ1v) is 10.6. The van der Waals surface area contributed by atoms with Gasteiger partial charge in [0.2, 0.25) is 5.91 Å². The maximum atomic E-state index is 12.7. The topological polar surface area (TPSA) is 84.9 Å². The standard InChI is InChI=1S/C22H21ClN2O5S/c1-13(2)30-17-7-5-4-6-14(17)10-19-21(27)25(22(28)31-19)12-20(26)24-15-8-9-18(29-3)16(23)11-15/h4-11,13H,12H2,1-3H3,(H,24,26)/b19-10-. The summed E-state index contributed by atoms with van der Waals surface area (Å²) in [6.07, 6.45) is 1.56.